The Morgan fingerprint density at radius 3 is 3.00 bits per heavy atom. The molecule has 0 aliphatic carbocycles. The van der Waals surface area contributed by atoms with E-state index in [2.05, 4.69) is 10.6 Å². The highest BCUT2D eigenvalue weighted by atomic mass is 35.5. The topological polar surface area (TPSA) is 50.4 Å². The number of ether oxygens (including phenoxy) is 1. The van der Waals surface area contributed by atoms with Crippen molar-refractivity contribution >= 4 is 17.5 Å². The highest BCUT2D eigenvalue weighted by Gasteiger charge is 2.18. The molecule has 1 aromatic carbocycles. The third-order valence-electron chi connectivity index (χ3n) is 3.71. The largest absolute Gasteiger partial charge is 0.487 e. The zero-order chi connectivity index (χ0) is 15.1. The van der Waals surface area contributed by atoms with Crippen molar-refractivity contribution in [1.29, 1.82) is 0 Å². The number of carbonyl (C=O) groups is 1. The molecule has 2 atom stereocenters. The van der Waals surface area contributed by atoms with E-state index < -0.39 is 0 Å². The summed E-state index contributed by atoms with van der Waals surface area (Å²) in [6, 6.07) is 7.73. The van der Waals surface area contributed by atoms with Gasteiger partial charge in [-0.2, -0.15) is 0 Å². The van der Waals surface area contributed by atoms with Gasteiger partial charge in [0.15, 0.2) is 0 Å². The summed E-state index contributed by atoms with van der Waals surface area (Å²) in [5.41, 5.74) is 0. The summed E-state index contributed by atoms with van der Waals surface area (Å²) in [6.07, 6.45) is 3.53. The van der Waals surface area contributed by atoms with Crippen LogP contribution in [0.1, 0.15) is 32.6 Å². The van der Waals surface area contributed by atoms with Crippen molar-refractivity contribution in [3.8, 4) is 5.75 Å². The average Bonchev–Trinajstić information content (AvgIpc) is 2.98. The molecule has 0 aromatic heterocycles. The number of carbonyl (C=O) groups excluding carboxylic acids is 1. The first-order valence-corrected chi connectivity index (χ1v) is 7.98. The lowest BCUT2D eigenvalue weighted by molar-refractivity contribution is -0.121. The van der Waals surface area contributed by atoms with Crippen molar-refractivity contribution in [3.05, 3.63) is 29.3 Å². The van der Waals surface area contributed by atoms with Crippen molar-refractivity contribution in [2.45, 2.75) is 44.8 Å². The van der Waals surface area contributed by atoms with Gasteiger partial charge in [0, 0.05) is 12.5 Å². The van der Waals surface area contributed by atoms with Gasteiger partial charge in [-0.3, -0.25) is 4.79 Å². The van der Waals surface area contributed by atoms with Gasteiger partial charge in [0.2, 0.25) is 5.91 Å². The second-order valence-corrected chi connectivity index (χ2v) is 5.79. The van der Waals surface area contributed by atoms with Gasteiger partial charge in [0.1, 0.15) is 11.9 Å². The van der Waals surface area contributed by atoms with E-state index in [0.717, 1.165) is 25.8 Å². The minimum Gasteiger partial charge on any atom is -0.487 e. The van der Waals surface area contributed by atoms with E-state index in [1.807, 2.05) is 25.1 Å². The summed E-state index contributed by atoms with van der Waals surface area (Å²) in [5.74, 6) is 0.744. The van der Waals surface area contributed by atoms with Crippen LogP contribution in [0, 0.1) is 0 Å². The molecule has 0 spiro atoms. The predicted molar refractivity (Wildman–Crippen MR) is 84.8 cm³/mol. The second kappa shape index (κ2) is 8.25. The van der Waals surface area contributed by atoms with Crippen molar-refractivity contribution in [2.75, 3.05) is 13.1 Å². The van der Waals surface area contributed by atoms with E-state index in [-0.39, 0.29) is 12.0 Å². The summed E-state index contributed by atoms with van der Waals surface area (Å²) in [7, 11) is 0. The molecule has 1 fully saturated rings. The van der Waals surface area contributed by atoms with E-state index in [1.54, 1.807) is 6.07 Å². The van der Waals surface area contributed by atoms with Crippen molar-refractivity contribution in [2.24, 2.45) is 0 Å². The van der Waals surface area contributed by atoms with Crippen LogP contribution in [0.2, 0.25) is 5.02 Å². The Bertz CT molecular complexity index is 461. The van der Waals surface area contributed by atoms with Gasteiger partial charge >= 0.3 is 0 Å². The molecule has 2 rings (SSSR count). The molecule has 1 aliphatic rings. The molecule has 1 aliphatic heterocycles. The van der Waals surface area contributed by atoms with Gasteiger partial charge in [0.25, 0.3) is 0 Å². The number of hydrogen-bond donors (Lipinski definition) is 2. The Morgan fingerprint density at radius 1 is 1.52 bits per heavy atom. The van der Waals surface area contributed by atoms with Crippen LogP contribution < -0.4 is 15.4 Å². The Labute approximate surface area is 131 Å². The maximum absolute atomic E-state index is 11.9. The van der Waals surface area contributed by atoms with Crippen molar-refractivity contribution in [3.63, 3.8) is 0 Å². The summed E-state index contributed by atoms with van der Waals surface area (Å²) in [6.45, 7) is 3.56. The third-order valence-corrected chi connectivity index (χ3v) is 4.02. The molecule has 0 bridgehead atoms. The number of nitrogens with one attached hydrogen (secondary N) is 2. The van der Waals surface area contributed by atoms with E-state index in [0.29, 0.717) is 29.8 Å². The Morgan fingerprint density at radius 2 is 2.33 bits per heavy atom. The maximum atomic E-state index is 11.9. The van der Waals surface area contributed by atoms with Crippen LogP contribution in [-0.4, -0.2) is 31.1 Å². The molecule has 1 saturated heterocycles. The minimum atomic E-state index is -0.0645. The predicted octanol–water partition coefficient (Wildman–Crippen LogP) is 2.76. The summed E-state index contributed by atoms with van der Waals surface area (Å²) in [5, 5.41) is 6.87. The second-order valence-electron chi connectivity index (χ2n) is 5.38. The number of hydrogen-bond acceptors (Lipinski definition) is 3. The number of rotatable bonds is 7. The fraction of sp³-hybridized carbons (Fsp3) is 0.562. The molecule has 5 heteroatoms. The molecule has 4 nitrogen and oxygen atoms in total. The minimum absolute atomic E-state index is 0.0645. The first kappa shape index (κ1) is 16.1. The lowest BCUT2D eigenvalue weighted by atomic mass is 10.1. The first-order chi connectivity index (χ1) is 10.2. The molecule has 0 radical (unpaired) electrons. The Hall–Kier alpha value is -1.26. The molecule has 116 valence electrons. The van der Waals surface area contributed by atoms with E-state index in [9.17, 15) is 4.79 Å². The van der Waals surface area contributed by atoms with E-state index in [1.165, 1.54) is 0 Å². The van der Waals surface area contributed by atoms with Crippen LogP contribution in [0.5, 0.6) is 5.75 Å². The zero-order valence-electron chi connectivity index (χ0n) is 12.4. The highest BCUT2D eigenvalue weighted by Crippen LogP contribution is 2.24. The summed E-state index contributed by atoms with van der Waals surface area (Å²) in [4.78, 5) is 11.9. The SMILES string of the molecule is CCC(CNC(=O)CC1CCCN1)Oc1ccccc1Cl. The fourth-order valence-corrected chi connectivity index (χ4v) is 2.62. The smallest absolute Gasteiger partial charge is 0.221 e. The zero-order valence-corrected chi connectivity index (χ0v) is 13.2. The van der Waals surface area contributed by atoms with Gasteiger partial charge < -0.3 is 15.4 Å². The van der Waals surface area contributed by atoms with Crippen LogP contribution in [-0.2, 0) is 4.79 Å². The quantitative estimate of drug-likeness (QED) is 0.814. The fourth-order valence-electron chi connectivity index (χ4n) is 2.44. The van der Waals surface area contributed by atoms with E-state index >= 15 is 0 Å². The lowest BCUT2D eigenvalue weighted by Crippen LogP contribution is -2.37. The molecule has 2 N–H and O–H groups in total. The van der Waals surface area contributed by atoms with E-state index in [4.69, 9.17) is 16.3 Å². The highest BCUT2D eigenvalue weighted by molar-refractivity contribution is 6.32. The van der Waals surface area contributed by atoms with Crippen molar-refractivity contribution in [1.82, 2.24) is 10.6 Å². The van der Waals surface area contributed by atoms with Gasteiger partial charge in [-0.25, -0.2) is 0 Å². The Balaban J connectivity index is 1.76. The number of halogens is 1. The average molecular weight is 311 g/mol. The normalized spacial score (nSPS) is 19.2. The van der Waals surface area contributed by atoms with Gasteiger partial charge in [-0.1, -0.05) is 30.7 Å². The number of para-hydroxylation sites is 1. The van der Waals surface area contributed by atoms with Crippen LogP contribution in [0.3, 0.4) is 0 Å². The molecule has 2 unspecified atom stereocenters. The maximum Gasteiger partial charge on any atom is 0.221 e. The van der Waals surface area contributed by atoms with Crippen LogP contribution in [0.4, 0.5) is 0 Å². The van der Waals surface area contributed by atoms with Gasteiger partial charge in [-0.05, 0) is 37.9 Å². The number of amides is 1. The molecule has 1 amide bonds. The van der Waals surface area contributed by atoms with Crippen LogP contribution >= 0.6 is 11.6 Å². The molecule has 21 heavy (non-hydrogen) atoms. The van der Waals surface area contributed by atoms with Crippen LogP contribution in [0.15, 0.2) is 24.3 Å². The molecular weight excluding hydrogens is 288 g/mol. The van der Waals surface area contributed by atoms with Gasteiger partial charge in [-0.15, -0.1) is 0 Å². The third kappa shape index (κ3) is 5.21. The molecule has 1 heterocycles. The Kier molecular flexibility index (Phi) is 6.33. The standard InChI is InChI=1S/C16H23ClN2O2/c1-2-13(21-15-8-4-3-7-14(15)17)11-19-16(20)10-12-6-5-9-18-12/h3-4,7-8,12-13,18H,2,5-6,9-11H2,1H3,(H,19,20). The van der Waals surface area contributed by atoms with Gasteiger partial charge in [0.05, 0.1) is 11.6 Å². The molecule has 0 saturated carbocycles. The molecular formula is C16H23ClN2O2. The first-order valence-electron chi connectivity index (χ1n) is 7.60. The van der Waals surface area contributed by atoms with Crippen molar-refractivity contribution < 1.29 is 9.53 Å². The lowest BCUT2D eigenvalue weighted by Gasteiger charge is -2.19. The molecule has 1 aromatic rings. The number of benzene rings is 1. The summed E-state index contributed by atoms with van der Waals surface area (Å²) < 4.78 is 5.85. The van der Waals surface area contributed by atoms with Crippen LogP contribution in [0.25, 0.3) is 0 Å². The summed E-state index contributed by atoms with van der Waals surface area (Å²) >= 11 is 6.08. The monoisotopic (exact) mass is 310 g/mol.